The average Bonchev–Trinajstić information content (AvgIpc) is 2.43. The van der Waals surface area contributed by atoms with Crippen molar-refractivity contribution in [1.82, 2.24) is 0 Å². The summed E-state index contributed by atoms with van der Waals surface area (Å²) >= 11 is 0. The fourth-order valence-electron chi connectivity index (χ4n) is 1.88. The zero-order chi connectivity index (χ0) is 14.9. The van der Waals surface area contributed by atoms with E-state index in [1.807, 2.05) is 0 Å². The van der Waals surface area contributed by atoms with Gasteiger partial charge in [0.2, 0.25) is 0 Å². The SMILES string of the molecule is CCCCC\C=C/C=C\C=C/CCCCCCC(=O)O. The van der Waals surface area contributed by atoms with Gasteiger partial charge in [-0.15, -0.1) is 0 Å². The zero-order valence-electron chi connectivity index (χ0n) is 12.9. The molecule has 114 valence electrons. The smallest absolute Gasteiger partial charge is 0.303 e. The number of allylic oxidation sites excluding steroid dienone is 6. The van der Waals surface area contributed by atoms with Gasteiger partial charge in [-0.2, -0.15) is 0 Å². The quantitative estimate of drug-likeness (QED) is 0.348. The summed E-state index contributed by atoms with van der Waals surface area (Å²) in [6.45, 7) is 2.22. The number of carboxylic acids is 1. The highest BCUT2D eigenvalue weighted by atomic mass is 16.4. The molecular formula is C18H30O2. The molecule has 0 rings (SSSR count). The summed E-state index contributed by atoms with van der Waals surface area (Å²) in [5.41, 5.74) is 0. The standard InChI is InChI=1S/C18H30O2/c1-2-3-4-5-6-7-8-9-10-11-12-13-14-15-16-17-18(19)20/h6-11H,2-5,12-17H2,1H3,(H,19,20)/b7-6-,9-8-,11-10-. The molecule has 0 radical (unpaired) electrons. The third-order valence-electron chi connectivity index (χ3n) is 3.09. The highest BCUT2D eigenvalue weighted by Crippen LogP contribution is 2.06. The Hall–Kier alpha value is -1.31. The van der Waals surface area contributed by atoms with Crippen LogP contribution in [0, 0.1) is 0 Å². The second kappa shape index (κ2) is 15.7. The summed E-state index contributed by atoms with van der Waals surface area (Å²) in [5.74, 6) is -0.683. The van der Waals surface area contributed by atoms with Crippen LogP contribution in [0.3, 0.4) is 0 Å². The highest BCUT2D eigenvalue weighted by Gasteiger charge is 1.95. The fourth-order valence-corrected chi connectivity index (χ4v) is 1.88. The van der Waals surface area contributed by atoms with Gasteiger partial charge in [0.25, 0.3) is 0 Å². The number of hydrogen-bond donors (Lipinski definition) is 1. The van der Waals surface area contributed by atoms with Gasteiger partial charge in [0.1, 0.15) is 0 Å². The van der Waals surface area contributed by atoms with Crippen LogP contribution in [0.25, 0.3) is 0 Å². The van der Waals surface area contributed by atoms with Gasteiger partial charge in [0, 0.05) is 6.42 Å². The lowest BCUT2D eigenvalue weighted by atomic mass is 10.1. The van der Waals surface area contributed by atoms with E-state index in [0.717, 1.165) is 32.1 Å². The maximum atomic E-state index is 10.3. The maximum absolute atomic E-state index is 10.3. The molecule has 0 aliphatic carbocycles. The predicted octanol–water partition coefficient (Wildman–Crippen LogP) is 5.66. The lowest BCUT2D eigenvalue weighted by Crippen LogP contribution is -1.93. The van der Waals surface area contributed by atoms with E-state index >= 15 is 0 Å². The van der Waals surface area contributed by atoms with Gasteiger partial charge in [-0.3, -0.25) is 4.79 Å². The van der Waals surface area contributed by atoms with E-state index in [-0.39, 0.29) is 0 Å². The second-order valence-corrected chi connectivity index (χ2v) is 5.08. The van der Waals surface area contributed by atoms with Crippen molar-refractivity contribution in [2.24, 2.45) is 0 Å². The Labute approximate surface area is 124 Å². The lowest BCUT2D eigenvalue weighted by Gasteiger charge is -1.96. The minimum absolute atomic E-state index is 0.309. The molecule has 0 aliphatic rings. The van der Waals surface area contributed by atoms with Gasteiger partial charge < -0.3 is 5.11 Å². The van der Waals surface area contributed by atoms with Crippen molar-refractivity contribution in [3.63, 3.8) is 0 Å². The molecule has 0 aromatic rings. The van der Waals surface area contributed by atoms with Gasteiger partial charge in [-0.1, -0.05) is 69.1 Å². The number of hydrogen-bond acceptors (Lipinski definition) is 1. The Balaban J connectivity index is 3.32. The summed E-state index contributed by atoms with van der Waals surface area (Å²) < 4.78 is 0. The normalized spacial score (nSPS) is 12.1. The summed E-state index contributed by atoms with van der Waals surface area (Å²) in [6, 6.07) is 0. The van der Waals surface area contributed by atoms with Crippen molar-refractivity contribution in [2.75, 3.05) is 0 Å². The molecule has 0 aliphatic heterocycles. The molecule has 2 heteroatoms. The number of unbranched alkanes of at least 4 members (excludes halogenated alkanes) is 7. The molecule has 0 saturated carbocycles. The molecule has 0 bridgehead atoms. The molecule has 0 aromatic carbocycles. The molecular weight excluding hydrogens is 248 g/mol. The van der Waals surface area contributed by atoms with Crippen LogP contribution in [0.15, 0.2) is 36.5 Å². The van der Waals surface area contributed by atoms with Crippen LogP contribution in [-0.4, -0.2) is 11.1 Å². The monoisotopic (exact) mass is 278 g/mol. The van der Waals surface area contributed by atoms with Crippen molar-refractivity contribution in [1.29, 1.82) is 0 Å². The van der Waals surface area contributed by atoms with Gasteiger partial charge >= 0.3 is 5.97 Å². The minimum Gasteiger partial charge on any atom is -0.481 e. The maximum Gasteiger partial charge on any atom is 0.303 e. The summed E-state index contributed by atoms with van der Waals surface area (Å²) in [7, 11) is 0. The molecule has 2 nitrogen and oxygen atoms in total. The van der Waals surface area contributed by atoms with E-state index in [1.54, 1.807) is 0 Å². The molecule has 1 N–H and O–H groups in total. The van der Waals surface area contributed by atoms with Crippen molar-refractivity contribution >= 4 is 5.97 Å². The lowest BCUT2D eigenvalue weighted by molar-refractivity contribution is -0.137. The Bertz CT molecular complexity index is 301. The van der Waals surface area contributed by atoms with E-state index in [0.29, 0.717) is 6.42 Å². The van der Waals surface area contributed by atoms with Crippen molar-refractivity contribution in [3.05, 3.63) is 36.5 Å². The van der Waals surface area contributed by atoms with Gasteiger partial charge in [-0.05, 0) is 32.1 Å². The Morgan fingerprint density at radius 3 is 1.90 bits per heavy atom. The van der Waals surface area contributed by atoms with E-state index in [2.05, 4.69) is 43.4 Å². The fraction of sp³-hybridized carbons (Fsp3) is 0.611. The summed E-state index contributed by atoms with van der Waals surface area (Å²) in [5, 5.41) is 8.49. The van der Waals surface area contributed by atoms with E-state index in [4.69, 9.17) is 5.11 Å². The predicted molar refractivity (Wildman–Crippen MR) is 86.9 cm³/mol. The topological polar surface area (TPSA) is 37.3 Å². The molecule has 20 heavy (non-hydrogen) atoms. The Morgan fingerprint density at radius 1 is 0.800 bits per heavy atom. The highest BCUT2D eigenvalue weighted by molar-refractivity contribution is 5.66. The summed E-state index contributed by atoms with van der Waals surface area (Å²) in [4.78, 5) is 10.3. The molecule has 0 amide bonds. The minimum atomic E-state index is -0.683. The van der Waals surface area contributed by atoms with Gasteiger partial charge in [0.15, 0.2) is 0 Å². The van der Waals surface area contributed by atoms with E-state index in [9.17, 15) is 4.79 Å². The Morgan fingerprint density at radius 2 is 1.35 bits per heavy atom. The van der Waals surface area contributed by atoms with Crippen LogP contribution in [0.2, 0.25) is 0 Å². The number of carbonyl (C=O) groups is 1. The van der Waals surface area contributed by atoms with Crippen molar-refractivity contribution in [3.8, 4) is 0 Å². The second-order valence-electron chi connectivity index (χ2n) is 5.08. The molecule has 0 unspecified atom stereocenters. The Kier molecular flexibility index (Phi) is 14.7. The van der Waals surface area contributed by atoms with Crippen LogP contribution in [-0.2, 0) is 4.79 Å². The van der Waals surface area contributed by atoms with Crippen molar-refractivity contribution in [2.45, 2.75) is 71.1 Å². The summed E-state index contributed by atoms with van der Waals surface area (Å²) in [6.07, 6.45) is 23.3. The van der Waals surface area contributed by atoms with Gasteiger partial charge in [-0.25, -0.2) is 0 Å². The van der Waals surface area contributed by atoms with Crippen molar-refractivity contribution < 1.29 is 9.90 Å². The van der Waals surface area contributed by atoms with Gasteiger partial charge in [0.05, 0.1) is 0 Å². The van der Waals surface area contributed by atoms with E-state index < -0.39 is 5.97 Å². The molecule has 0 aromatic heterocycles. The van der Waals surface area contributed by atoms with Crippen LogP contribution < -0.4 is 0 Å². The number of aliphatic carboxylic acids is 1. The average molecular weight is 278 g/mol. The first-order valence-electron chi connectivity index (χ1n) is 7.97. The third-order valence-corrected chi connectivity index (χ3v) is 3.09. The molecule has 0 atom stereocenters. The van der Waals surface area contributed by atoms with Crippen LogP contribution in [0.1, 0.15) is 71.1 Å². The van der Waals surface area contributed by atoms with Crippen LogP contribution in [0.4, 0.5) is 0 Å². The first-order chi connectivity index (χ1) is 9.77. The number of carboxylic acid groups (broad SMARTS) is 1. The first-order valence-corrected chi connectivity index (χ1v) is 7.97. The largest absolute Gasteiger partial charge is 0.481 e. The van der Waals surface area contributed by atoms with Crippen LogP contribution >= 0.6 is 0 Å². The molecule has 0 saturated heterocycles. The van der Waals surface area contributed by atoms with E-state index in [1.165, 1.54) is 25.7 Å². The molecule has 0 fully saturated rings. The molecule has 0 spiro atoms. The van der Waals surface area contributed by atoms with Crippen LogP contribution in [0.5, 0.6) is 0 Å². The third kappa shape index (κ3) is 16.7. The first kappa shape index (κ1) is 18.7. The zero-order valence-corrected chi connectivity index (χ0v) is 12.9. The number of rotatable bonds is 13. The molecule has 0 heterocycles.